The molecule has 22 heavy (non-hydrogen) atoms. The molecule has 0 aliphatic carbocycles. The zero-order valence-electron chi connectivity index (χ0n) is 12.1. The quantitative estimate of drug-likeness (QED) is 0.504. The van der Waals surface area contributed by atoms with E-state index in [9.17, 15) is 26.4 Å². The topological polar surface area (TPSA) is 109 Å². The van der Waals surface area contributed by atoms with Crippen LogP contribution in [0.4, 0.5) is 0 Å². The second-order valence-corrected chi connectivity index (χ2v) is 10.3. The number of nitrogens with zero attached hydrogens (tertiary/aromatic N) is 2. The van der Waals surface area contributed by atoms with Crippen molar-refractivity contribution in [3.8, 4) is 0 Å². The number of carbonyl (C=O) groups is 2. The Morgan fingerprint density at radius 1 is 0.773 bits per heavy atom. The molecular formula is C12H20N2O6S2. The van der Waals surface area contributed by atoms with Gasteiger partial charge in [0.1, 0.15) is 0 Å². The van der Waals surface area contributed by atoms with Gasteiger partial charge in [-0.2, -0.15) is 0 Å². The van der Waals surface area contributed by atoms with Gasteiger partial charge in [-0.05, 0) is 12.8 Å². The number of amides is 2. The molecule has 0 aromatic carbocycles. The Bertz CT molecular complexity index is 574. The van der Waals surface area contributed by atoms with E-state index in [2.05, 4.69) is 0 Å². The summed E-state index contributed by atoms with van der Waals surface area (Å²) in [5.41, 5.74) is 0. The molecule has 0 bridgehead atoms. The van der Waals surface area contributed by atoms with Crippen molar-refractivity contribution in [3.63, 3.8) is 0 Å². The molecule has 0 N–H and O–H groups in total. The van der Waals surface area contributed by atoms with Crippen LogP contribution in [-0.2, 0) is 29.3 Å². The van der Waals surface area contributed by atoms with Crippen LogP contribution in [0.25, 0.3) is 0 Å². The van der Waals surface area contributed by atoms with E-state index in [1.807, 2.05) is 0 Å². The lowest BCUT2D eigenvalue weighted by Crippen LogP contribution is -2.44. The first-order chi connectivity index (χ1) is 10.3. The second-order valence-electron chi connectivity index (χ2n) is 5.80. The maximum Gasteiger partial charge on any atom is 0.210 e. The number of rotatable bonds is 7. The normalized spacial score (nSPS) is 29.1. The second kappa shape index (κ2) is 6.53. The zero-order chi connectivity index (χ0) is 16.4. The molecule has 8 nitrogen and oxygen atoms in total. The molecule has 0 saturated carbocycles. The van der Waals surface area contributed by atoms with Gasteiger partial charge < -0.3 is 9.80 Å². The lowest BCUT2D eigenvalue weighted by atomic mass is 10.2. The van der Waals surface area contributed by atoms with Gasteiger partial charge in [0, 0.05) is 25.2 Å². The van der Waals surface area contributed by atoms with Gasteiger partial charge in [0.2, 0.25) is 12.8 Å². The summed E-state index contributed by atoms with van der Waals surface area (Å²) in [6.07, 6.45) is 2.00. The van der Waals surface area contributed by atoms with E-state index in [0.29, 0.717) is 25.7 Å². The Labute approximate surface area is 130 Å². The fourth-order valence-electron chi connectivity index (χ4n) is 2.95. The van der Waals surface area contributed by atoms with E-state index in [4.69, 9.17) is 0 Å². The van der Waals surface area contributed by atoms with Gasteiger partial charge in [-0.3, -0.25) is 9.59 Å². The molecule has 2 aliphatic rings. The molecule has 2 heterocycles. The highest BCUT2D eigenvalue weighted by molar-refractivity contribution is 7.91. The highest BCUT2D eigenvalue weighted by Crippen LogP contribution is 2.18. The SMILES string of the molecule is O=CN(CCN(C=O)[C@@H]1CCS(=O)(=O)C1)[C@@H]1CCS(=O)(=O)C1. The molecule has 0 aromatic heterocycles. The maximum absolute atomic E-state index is 11.5. The fraction of sp³-hybridized carbons (Fsp3) is 0.833. The molecule has 2 atom stereocenters. The summed E-state index contributed by atoms with van der Waals surface area (Å²) in [4.78, 5) is 25.1. The average Bonchev–Trinajstić information content (AvgIpc) is 2.97. The predicted molar refractivity (Wildman–Crippen MR) is 79.7 cm³/mol. The highest BCUT2D eigenvalue weighted by Gasteiger charge is 2.34. The fourth-order valence-corrected chi connectivity index (χ4v) is 6.43. The van der Waals surface area contributed by atoms with Crippen LogP contribution < -0.4 is 0 Å². The van der Waals surface area contributed by atoms with Crippen molar-refractivity contribution in [2.75, 3.05) is 36.1 Å². The van der Waals surface area contributed by atoms with Crippen LogP contribution in [0.15, 0.2) is 0 Å². The molecule has 2 rings (SSSR count). The molecule has 0 radical (unpaired) electrons. The first-order valence-electron chi connectivity index (χ1n) is 7.09. The van der Waals surface area contributed by atoms with Crippen molar-refractivity contribution < 1.29 is 26.4 Å². The average molecular weight is 352 g/mol. The van der Waals surface area contributed by atoms with E-state index in [0.717, 1.165) is 0 Å². The van der Waals surface area contributed by atoms with Crippen LogP contribution in [0.3, 0.4) is 0 Å². The lowest BCUT2D eigenvalue weighted by molar-refractivity contribution is -0.123. The summed E-state index contributed by atoms with van der Waals surface area (Å²) in [5, 5.41) is 0. The minimum atomic E-state index is -3.09. The molecule has 2 aliphatic heterocycles. The van der Waals surface area contributed by atoms with Crippen molar-refractivity contribution in [2.24, 2.45) is 0 Å². The minimum Gasteiger partial charge on any atom is -0.339 e. The number of carbonyl (C=O) groups excluding carboxylic acids is 2. The zero-order valence-corrected chi connectivity index (χ0v) is 13.8. The lowest BCUT2D eigenvalue weighted by Gasteiger charge is -2.29. The van der Waals surface area contributed by atoms with Crippen LogP contribution in [-0.4, -0.2) is 87.6 Å². The molecule has 2 amide bonds. The number of hydrogen-bond donors (Lipinski definition) is 0. The number of sulfone groups is 2. The largest absolute Gasteiger partial charge is 0.339 e. The Kier molecular flexibility index (Phi) is 5.10. The van der Waals surface area contributed by atoms with Crippen molar-refractivity contribution in [2.45, 2.75) is 24.9 Å². The first kappa shape index (κ1) is 17.2. The molecular weight excluding hydrogens is 332 g/mol. The molecule has 0 aromatic rings. The maximum atomic E-state index is 11.5. The van der Waals surface area contributed by atoms with Crippen LogP contribution in [0.5, 0.6) is 0 Å². The van der Waals surface area contributed by atoms with Gasteiger partial charge in [-0.15, -0.1) is 0 Å². The Morgan fingerprint density at radius 3 is 1.36 bits per heavy atom. The Morgan fingerprint density at radius 2 is 1.14 bits per heavy atom. The van der Waals surface area contributed by atoms with Crippen LogP contribution in [0.1, 0.15) is 12.8 Å². The number of hydrogen-bond acceptors (Lipinski definition) is 6. The van der Waals surface area contributed by atoms with Crippen LogP contribution >= 0.6 is 0 Å². The van der Waals surface area contributed by atoms with Crippen molar-refractivity contribution in [1.29, 1.82) is 0 Å². The predicted octanol–water partition coefficient (Wildman–Crippen LogP) is -1.72. The smallest absolute Gasteiger partial charge is 0.210 e. The van der Waals surface area contributed by atoms with Crippen molar-refractivity contribution >= 4 is 32.5 Å². The van der Waals surface area contributed by atoms with E-state index in [1.54, 1.807) is 0 Å². The van der Waals surface area contributed by atoms with Gasteiger partial charge in [0.15, 0.2) is 19.7 Å². The summed E-state index contributed by atoms with van der Waals surface area (Å²) in [6.45, 7) is 0.415. The Balaban J connectivity index is 1.92. The molecule has 0 unspecified atom stereocenters. The van der Waals surface area contributed by atoms with Gasteiger partial charge >= 0.3 is 0 Å². The van der Waals surface area contributed by atoms with Gasteiger partial charge in [0.25, 0.3) is 0 Å². The standard InChI is InChI=1S/C12H20N2O6S2/c15-9-13(11-1-5-21(17,18)7-11)3-4-14(10-16)12-2-6-22(19,20)8-12/h9-12H,1-8H2/t11-,12-/m1/s1. The summed E-state index contributed by atoms with van der Waals surface area (Å²) in [6, 6.07) is -0.716. The summed E-state index contributed by atoms with van der Waals surface area (Å²) < 4.78 is 45.8. The van der Waals surface area contributed by atoms with Gasteiger partial charge in [-0.1, -0.05) is 0 Å². The minimum absolute atomic E-state index is 0.0510. The van der Waals surface area contributed by atoms with Crippen LogP contribution in [0.2, 0.25) is 0 Å². The first-order valence-corrected chi connectivity index (χ1v) is 10.7. The summed E-state index contributed by atoms with van der Waals surface area (Å²) in [5.74, 6) is 0.0375. The molecule has 126 valence electrons. The molecule has 0 spiro atoms. The van der Waals surface area contributed by atoms with E-state index < -0.39 is 19.7 Å². The Hall–Kier alpha value is -1.16. The summed E-state index contributed by atoms with van der Waals surface area (Å²) in [7, 11) is -6.18. The van der Waals surface area contributed by atoms with Crippen molar-refractivity contribution in [3.05, 3.63) is 0 Å². The monoisotopic (exact) mass is 352 g/mol. The third-order valence-electron chi connectivity index (χ3n) is 4.24. The van der Waals surface area contributed by atoms with E-state index >= 15 is 0 Å². The van der Waals surface area contributed by atoms with E-state index in [-0.39, 0.29) is 48.2 Å². The summed E-state index contributed by atoms with van der Waals surface area (Å²) >= 11 is 0. The third-order valence-corrected chi connectivity index (χ3v) is 7.74. The molecule has 2 saturated heterocycles. The molecule has 10 heteroatoms. The highest BCUT2D eigenvalue weighted by atomic mass is 32.2. The van der Waals surface area contributed by atoms with Gasteiger partial charge in [-0.25, -0.2) is 16.8 Å². The molecule has 2 fully saturated rings. The van der Waals surface area contributed by atoms with E-state index in [1.165, 1.54) is 9.80 Å². The van der Waals surface area contributed by atoms with Crippen LogP contribution in [0, 0.1) is 0 Å². The van der Waals surface area contributed by atoms with Gasteiger partial charge in [0.05, 0.1) is 23.0 Å². The third kappa shape index (κ3) is 4.19. The van der Waals surface area contributed by atoms with Crippen molar-refractivity contribution in [1.82, 2.24) is 9.80 Å².